The van der Waals surface area contributed by atoms with Gasteiger partial charge >= 0.3 is 11.9 Å². The molecule has 0 unspecified atom stereocenters. The molecule has 4 rings (SSSR count). The summed E-state index contributed by atoms with van der Waals surface area (Å²) in [5.74, 6) is -2.30. The molecular weight excluding hydrogens is 491 g/mol. The van der Waals surface area contributed by atoms with E-state index in [1.807, 2.05) is 4.98 Å². The van der Waals surface area contributed by atoms with E-state index in [-0.39, 0.29) is 22.8 Å². The lowest BCUT2D eigenvalue weighted by atomic mass is 9.71. The monoisotopic (exact) mass is 506 g/mol. The summed E-state index contributed by atoms with van der Waals surface area (Å²) in [6, 6.07) is 1.63. The zero-order chi connectivity index (χ0) is 24.1. The van der Waals surface area contributed by atoms with E-state index in [1.54, 1.807) is 0 Å². The number of aliphatic hydroxyl groups excluding tert-OH is 1. The maximum Gasteiger partial charge on any atom is 0.417 e. The fourth-order valence-corrected chi connectivity index (χ4v) is 5.54. The van der Waals surface area contributed by atoms with Crippen LogP contribution in [0.1, 0.15) is 24.8 Å². The number of hydrogen-bond acceptors (Lipinski definition) is 4. The van der Waals surface area contributed by atoms with Crippen LogP contribution in [0.5, 0.6) is 0 Å². The number of hydrogen-bond donors (Lipinski definition) is 3. The fraction of sp³-hybridized carbons (Fsp3) is 0.333. The number of aromatic nitrogens is 2. The van der Waals surface area contributed by atoms with Crippen molar-refractivity contribution in [2.75, 3.05) is 12.4 Å². The van der Waals surface area contributed by atoms with E-state index in [9.17, 15) is 36.6 Å². The van der Waals surface area contributed by atoms with Gasteiger partial charge < -0.3 is 10.1 Å². The van der Waals surface area contributed by atoms with Crippen molar-refractivity contribution < 1.29 is 27.1 Å². The fourth-order valence-electron chi connectivity index (χ4n) is 3.88. The minimum absolute atomic E-state index is 0.151. The molecule has 1 saturated carbocycles. The molecule has 2 aromatic carbocycles. The molecule has 1 aliphatic carbocycles. The number of thioether (sulfide) groups is 1. The lowest BCUT2D eigenvalue weighted by Crippen LogP contribution is -2.35. The molecule has 1 aliphatic rings. The molecular formula is C21H16ClF5N2O3S. The van der Waals surface area contributed by atoms with Gasteiger partial charge in [0.1, 0.15) is 11.6 Å². The minimum atomic E-state index is -5.03. The first kappa shape index (κ1) is 23.8. The Labute approximate surface area is 192 Å². The van der Waals surface area contributed by atoms with E-state index in [4.69, 9.17) is 11.6 Å². The Kier molecular flexibility index (Phi) is 6.08. The molecule has 3 aromatic rings. The number of alkyl halides is 3. The Morgan fingerprint density at radius 1 is 1.09 bits per heavy atom. The van der Waals surface area contributed by atoms with E-state index < -0.39 is 61.6 Å². The molecule has 0 spiro atoms. The molecule has 0 bridgehead atoms. The molecule has 12 heteroatoms. The van der Waals surface area contributed by atoms with Crippen molar-refractivity contribution >= 4 is 34.3 Å². The highest BCUT2D eigenvalue weighted by Gasteiger charge is 2.40. The molecule has 0 amide bonds. The minimum Gasteiger partial charge on any atom is -0.396 e. The van der Waals surface area contributed by atoms with Crippen molar-refractivity contribution in [2.45, 2.75) is 30.3 Å². The first-order valence-electron chi connectivity index (χ1n) is 9.75. The van der Waals surface area contributed by atoms with Gasteiger partial charge in [0, 0.05) is 39.9 Å². The molecule has 1 fully saturated rings. The maximum atomic E-state index is 14.8. The number of benzene rings is 2. The summed E-state index contributed by atoms with van der Waals surface area (Å²) in [5.41, 5.74) is -5.43. The van der Waals surface area contributed by atoms with Crippen molar-refractivity contribution in [1.82, 2.24) is 9.97 Å². The van der Waals surface area contributed by atoms with Gasteiger partial charge in [-0.3, -0.25) is 9.78 Å². The van der Waals surface area contributed by atoms with Crippen molar-refractivity contribution in [3.8, 4) is 11.1 Å². The Hall–Kier alpha value is -2.37. The highest BCUT2D eigenvalue weighted by atomic mass is 35.5. The molecule has 176 valence electrons. The van der Waals surface area contributed by atoms with E-state index in [2.05, 4.69) is 4.98 Å². The van der Waals surface area contributed by atoms with Gasteiger partial charge in [-0.05, 0) is 25.0 Å². The second kappa shape index (κ2) is 8.44. The van der Waals surface area contributed by atoms with E-state index in [0.717, 1.165) is 24.2 Å². The highest BCUT2D eigenvalue weighted by Crippen LogP contribution is 2.50. The summed E-state index contributed by atoms with van der Waals surface area (Å²) in [6.07, 6.45) is -2.93. The van der Waals surface area contributed by atoms with Gasteiger partial charge in [-0.2, -0.15) is 13.2 Å². The lowest BCUT2D eigenvalue weighted by molar-refractivity contribution is -0.137. The smallest absolute Gasteiger partial charge is 0.396 e. The van der Waals surface area contributed by atoms with Crippen LogP contribution in [-0.4, -0.2) is 27.4 Å². The highest BCUT2D eigenvalue weighted by molar-refractivity contribution is 7.99. The van der Waals surface area contributed by atoms with E-state index in [1.165, 1.54) is 0 Å². The Morgan fingerprint density at radius 2 is 1.79 bits per heavy atom. The van der Waals surface area contributed by atoms with Gasteiger partial charge in [-0.15, -0.1) is 11.8 Å². The first-order valence-corrected chi connectivity index (χ1v) is 11.1. The molecule has 0 aliphatic heterocycles. The van der Waals surface area contributed by atoms with Crippen molar-refractivity contribution in [3.05, 3.63) is 61.3 Å². The molecule has 5 nitrogen and oxygen atoms in total. The molecule has 1 heterocycles. The predicted octanol–water partition coefficient (Wildman–Crippen LogP) is 5.09. The number of nitrogens with one attached hydrogen (secondary N) is 2. The molecule has 0 saturated heterocycles. The average Bonchev–Trinajstić information content (AvgIpc) is 2.69. The number of aromatic amines is 2. The molecule has 0 radical (unpaired) electrons. The summed E-state index contributed by atoms with van der Waals surface area (Å²) < 4.78 is 70.9. The van der Waals surface area contributed by atoms with E-state index in [0.29, 0.717) is 25.0 Å². The van der Waals surface area contributed by atoms with Gasteiger partial charge in [0.2, 0.25) is 0 Å². The third-order valence-electron chi connectivity index (χ3n) is 5.85. The number of rotatable bonds is 5. The summed E-state index contributed by atoms with van der Waals surface area (Å²) in [4.78, 5) is 28.3. The lowest BCUT2D eigenvalue weighted by Gasteiger charge is -2.40. The summed E-state index contributed by atoms with van der Waals surface area (Å²) in [7, 11) is 0. The van der Waals surface area contributed by atoms with Gasteiger partial charge in [0.05, 0.1) is 21.5 Å². The quantitative estimate of drug-likeness (QED) is 0.256. The first-order chi connectivity index (χ1) is 15.5. The zero-order valence-electron chi connectivity index (χ0n) is 16.7. The molecule has 33 heavy (non-hydrogen) atoms. The SMILES string of the molecule is O=c1[nH]c(=O)c2cc(C(F)(F)F)c(-c3cc(Cl)c(F)cc3F)c(SCC3(CO)CCC3)c2[nH]1. The third kappa shape index (κ3) is 4.29. The van der Waals surface area contributed by atoms with Crippen LogP contribution >= 0.6 is 23.4 Å². The summed E-state index contributed by atoms with van der Waals surface area (Å²) >= 11 is 6.61. The average molecular weight is 507 g/mol. The second-order valence-electron chi connectivity index (χ2n) is 8.00. The van der Waals surface area contributed by atoms with Crippen LogP contribution in [0, 0.1) is 17.0 Å². The summed E-state index contributed by atoms with van der Waals surface area (Å²) in [6.45, 7) is -0.208. The second-order valence-corrected chi connectivity index (χ2v) is 9.40. The molecule has 1 aromatic heterocycles. The van der Waals surface area contributed by atoms with Crippen LogP contribution in [0.4, 0.5) is 22.0 Å². The summed E-state index contributed by atoms with van der Waals surface area (Å²) in [5, 5.41) is 8.73. The van der Waals surface area contributed by atoms with Gasteiger partial charge in [-0.1, -0.05) is 18.0 Å². The van der Waals surface area contributed by atoms with Crippen LogP contribution in [0.25, 0.3) is 22.0 Å². The number of aliphatic hydroxyl groups is 1. The van der Waals surface area contributed by atoms with Crippen LogP contribution in [0.3, 0.4) is 0 Å². The largest absolute Gasteiger partial charge is 0.417 e. The van der Waals surface area contributed by atoms with Crippen LogP contribution < -0.4 is 11.2 Å². The normalized spacial score (nSPS) is 15.6. The number of halogens is 6. The Balaban J connectivity index is 2.10. The molecule has 0 atom stereocenters. The van der Waals surface area contributed by atoms with Gasteiger partial charge in [-0.25, -0.2) is 13.6 Å². The van der Waals surface area contributed by atoms with Gasteiger partial charge in [0.25, 0.3) is 5.56 Å². The van der Waals surface area contributed by atoms with Crippen LogP contribution in [0.15, 0.2) is 32.7 Å². The Bertz CT molecular complexity index is 1360. The zero-order valence-corrected chi connectivity index (χ0v) is 18.3. The van der Waals surface area contributed by atoms with Crippen molar-refractivity contribution in [3.63, 3.8) is 0 Å². The maximum absolute atomic E-state index is 14.8. The third-order valence-corrected chi connectivity index (χ3v) is 7.59. The van der Waals surface area contributed by atoms with Crippen LogP contribution in [0.2, 0.25) is 5.02 Å². The number of H-pyrrole nitrogens is 2. The Morgan fingerprint density at radius 3 is 2.36 bits per heavy atom. The van der Waals surface area contributed by atoms with Crippen molar-refractivity contribution in [2.24, 2.45) is 5.41 Å². The number of fused-ring (bicyclic) bond motifs is 1. The predicted molar refractivity (Wildman–Crippen MR) is 115 cm³/mol. The standard InChI is InChI=1S/C21H16ClF5N2O3S/c22-12-5-9(13(23)6-14(12)24)15-11(21(25,26)27)4-10-16(28-19(32)29-18(10)31)17(15)33-8-20(7-30)2-1-3-20/h4-6,30H,1-3,7-8H2,(H2,28,29,31,32). The van der Waals surface area contributed by atoms with Gasteiger partial charge in [0.15, 0.2) is 0 Å². The topological polar surface area (TPSA) is 85.9 Å². The molecule has 3 N–H and O–H groups in total. The van der Waals surface area contributed by atoms with Crippen molar-refractivity contribution in [1.29, 1.82) is 0 Å². The van der Waals surface area contributed by atoms with Crippen LogP contribution in [-0.2, 0) is 6.18 Å². The van der Waals surface area contributed by atoms with E-state index >= 15 is 0 Å².